The third-order valence-electron chi connectivity index (χ3n) is 3.45. The van der Waals surface area contributed by atoms with Crippen LogP contribution in [-0.4, -0.2) is 15.6 Å². The van der Waals surface area contributed by atoms with Crippen LogP contribution < -0.4 is 0 Å². The first-order chi connectivity index (χ1) is 7.40. The molecule has 88 valence electrons. The average Bonchev–Trinajstić information content (AvgIpc) is 2.62. The van der Waals surface area contributed by atoms with Gasteiger partial charge in [0, 0.05) is 18.2 Å². The highest BCUT2D eigenvalue weighted by molar-refractivity contribution is 5.86. The number of carbonyl (C=O) groups is 1. The van der Waals surface area contributed by atoms with Gasteiger partial charge in [0.1, 0.15) is 5.78 Å². The fourth-order valence-corrected chi connectivity index (χ4v) is 2.08. The predicted molar refractivity (Wildman–Crippen MR) is 63.2 cm³/mol. The molecule has 0 radical (unpaired) electrons. The highest BCUT2D eigenvalue weighted by Gasteiger charge is 2.49. The van der Waals surface area contributed by atoms with Gasteiger partial charge in [-0.2, -0.15) is 5.10 Å². The molecule has 0 aromatic carbocycles. The predicted octanol–water partition coefficient (Wildman–Crippen LogP) is 2.62. The number of carbonyl (C=O) groups excluding carboxylic acids is 1. The first kappa shape index (κ1) is 11.4. The molecule has 0 saturated heterocycles. The van der Waals surface area contributed by atoms with E-state index < -0.39 is 0 Å². The van der Waals surface area contributed by atoms with Crippen molar-refractivity contribution in [2.24, 2.45) is 11.3 Å². The van der Waals surface area contributed by atoms with Crippen LogP contribution in [0.3, 0.4) is 0 Å². The van der Waals surface area contributed by atoms with Gasteiger partial charge < -0.3 is 0 Å². The van der Waals surface area contributed by atoms with Crippen molar-refractivity contribution in [2.75, 3.05) is 0 Å². The summed E-state index contributed by atoms with van der Waals surface area (Å²) in [5, 5.41) is 4.40. The molecule has 1 atom stereocenters. The summed E-state index contributed by atoms with van der Waals surface area (Å²) in [6.45, 7) is 8.48. The number of ketones is 1. The second kappa shape index (κ2) is 3.72. The minimum Gasteiger partial charge on any atom is -0.299 e. The average molecular weight is 220 g/mol. The van der Waals surface area contributed by atoms with Crippen LogP contribution in [-0.2, 0) is 11.2 Å². The molecule has 0 N–H and O–H groups in total. The van der Waals surface area contributed by atoms with Gasteiger partial charge in [0.15, 0.2) is 0 Å². The lowest BCUT2D eigenvalue weighted by molar-refractivity contribution is -0.120. The number of rotatable bonds is 4. The van der Waals surface area contributed by atoms with Crippen LogP contribution in [0.5, 0.6) is 0 Å². The lowest BCUT2D eigenvalue weighted by Gasteiger charge is -2.04. The topological polar surface area (TPSA) is 34.9 Å². The number of hydrogen-bond acceptors (Lipinski definition) is 2. The molecule has 0 aliphatic heterocycles. The van der Waals surface area contributed by atoms with Crippen LogP contribution in [0.25, 0.3) is 0 Å². The fraction of sp³-hybridized carbons (Fsp3) is 0.692. The molecule has 0 amide bonds. The summed E-state index contributed by atoms with van der Waals surface area (Å²) in [6, 6.07) is 2.31. The molecule has 1 fully saturated rings. The molecular weight excluding hydrogens is 200 g/mol. The molecule has 1 unspecified atom stereocenters. The molecule has 16 heavy (non-hydrogen) atoms. The minimum atomic E-state index is 0.234. The molecule has 1 aromatic heterocycles. The van der Waals surface area contributed by atoms with Crippen molar-refractivity contribution >= 4 is 5.78 Å². The largest absolute Gasteiger partial charge is 0.299 e. The summed E-state index contributed by atoms with van der Waals surface area (Å²) in [5.41, 5.74) is 1.14. The number of Topliss-reactive ketones (excluding diaryl/α,β-unsaturated/α-hetero) is 1. The van der Waals surface area contributed by atoms with E-state index in [2.05, 4.69) is 32.8 Å². The van der Waals surface area contributed by atoms with Gasteiger partial charge in [0.2, 0.25) is 0 Å². The van der Waals surface area contributed by atoms with Gasteiger partial charge in [-0.1, -0.05) is 13.8 Å². The first-order valence-electron chi connectivity index (χ1n) is 5.97. The quantitative estimate of drug-likeness (QED) is 0.781. The summed E-state index contributed by atoms with van der Waals surface area (Å²) in [6.07, 6.45) is 3.48. The van der Waals surface area contributed by atoms with Crippen molar-refractivity contribution in [1.82, 2.24) is 9.78 Å². The maximum Gasteiger partial charge on any atom is 0.142 e. The monoisotopic (exact) mass is 220 g/mol. The van der Waals surface area contributed by atoms with E-state index in [1.54, 1.807) is 0 Å². The highest BCUT2D eigenvalue weighted by Crippen LogP contribution is 2.52. The van der Waals surface area contributed by atoms with Crippen LogP contribution in [0.15, 0.2) is 12.3 Å². The van der Waals surface area contributed by atoms with Crippen LogP contribution in [0.2, 0.25) is 0 Å². The van der Waals surface area contributed by atoms with Crippen molar-refractivity contribution in [2.45, 2.75) is 46.6 Å². The molecular formula is C13H20N2O. The van der Waals surface area contributed by atoms with Gasteiger partial charge in [0.05, 0.1) is 12.1 Å². The SMILES string of the molecule is CC(C)n1ccc(CC(=O)C2CC2(C)C)n1. The van der Waals surface area contributed by atoms with Crippen molar-refractivity contribution in [1.29, 1.82) is 0 Å². The Morgan fingerprint density at radius 2 is 2.25 bits per heavy atom. The lowest BCUT2D eigenvalue weighted by Crippen LogP contribution is -2.10. The van der Waals surface area contributed by atoms with E-state index >= 15 is 0 Å². The third kappa shape index (κ3) is 2.18. The van der Waals surface area contributed by atoms with Crippen molar-refractivity contribution in [3.8, 4) is 0 Å². The van der Waals surface area contributed by atoms with E-state index in [-0.39, 0.29) is 11.3 Å². The van der Waals surface area contributed by atoms with Crippen LogP contribution in [0, 0.1) is 11.3 Å². The number of nitrogens with zero attached hydrogens (tertiary/aromatic N) is 2. The summed E-state index contributed by atoms with van der Waals surface area (Å²) in [4.78, 5) is 11.9. The molecule has 1 aromatic rings. The third-order valence-corrected chi connectivity index (χ3v) is 3.45. The van der Waals surface area contributed by atoms with Crippen LogP contribution in [0.1, 0.15) is 45.9 Å². The Kier molecular flexibility index (Phi) is 2.64. The number of hydrogen-bond donors (Lipinski definition) is 0. The Labute approximate surface area is 96.8 Å². The molecule has 1 heterocycles. The maximum absolute atomic E-state index is 11.9. The summed E-state index contributed by atoms with van der Waals surface area (Å²) in [5.74, 6) is 0.607. The zero-order valence-electron chi connectivity index (χ0n) is 10.5. The van der Waals surface area contributed by atoms with Gasteiger partial charge in [0.25, 0.3) is 0 Å². The van der Waals surface area contributed by atoms with E-state index in [0.717, 1.165) is 12.1 Å². The second-order valence-corrected chi connectivity index (χ2v) is 5.77. The molecule has 3 heteroatoms. The van der Waals surface area contributed by atoms with E-state index in [1.165, 1.54) is 0 Å². The second-order valence-electron chi connectivity index (χ2n) is 5.77. The minimum absolute atomic E-state index is 0.234. The van der Waals surface area contributed by atoms with Gasteiger partial charge >= 0.3 is 0 Å². The smallest absolute Gasteiger partial charge is 0.142 e. The first-order valence-corrected chi connectivity index (χ1v) is 5.97. The van der Waals surface area contributed by atoms with Gasteiger partial charge in [-0.3, -0.25) is 9.48 Å². The fourth-order valence-electron chi connectivity index (χ4n) is 2.08. The Morgan fingerprint density at radius 3 is 2.69 bits per heavy atom. The van der Waals surface area contributed by atoms with E-state index in [9.17, 15) is 4.79 Å². The molecule has 0 bridgehead atoms. The van der Waals surface area contributed by atoms with Gasteiger partial charge in [-0.15, -0.1) is 0 Å². The zero-order chi connectivity index (χ0) is 11.9. The van der Waals surface area contributed by atoms with E-state index in [1.807, 2.05) is 16.9 Å². The Bertz CT molecular complexity index is 404. The van der Waals surface area contributed by atoms with Crippen LogP contribution >= 0.6 is 0 Å². The standard InChI is InChI=1S/C13H20N2O/c1-9(2)15-6-5-10(14-15)7-12(16)11-8-13(11,3)4/h5-6,9,11H,7-8H2,1-4H3. The number of aromatic nitrogens is 2. The molecule has 1 aliphatic carbocycles. The highest BCUT2D eigenvalue weighted by atomic mass is 16.1. The summed E-state index contributed by atoms with van der Waals surface area (Å²) in [7, 11) is 0. The van der Waals surface area contributed by atoms with Gasteiger partial charge in [-0.25, -0.2) is 0 Å². The van der Waals surface area contributed by atoms with Crippen molar-refractivity contribution < 1.29 is 4.79 Å². The lowest BCUT2D eigenvalue weighted by atomic mass is 10.0. The zero-order valence-corrected chi connectivity index (χ0v) is 10.5. The van der Waals surface area contributed by atoms with E-state index in [0.29, 0.717) is 18.2 Å². The van der Waals surface area contributed by atoms with Gasteiger partial charge in [-0.05, 0) is 31.7 Å². The summed E-state index contributed by atoms with van der Waals surface area (Å²) >= 11 is 0. The Morgan fingerprint density at radius 1 is 1.62 bits per heavy atom. The molecule has 3 nitrogen and oxygen atoms in total. The Balaban J connectivity index is 1.97. The van der Waals surface area contributed by atoms with E-state index in [4.69, 9.17) is 0 Å². The summed E-state index contributed by atoms with van der Waals surface area (Å²) < 4.78 is 1.90. The van der Waals surface area contributed by atoms with Crippen LogP contribution in [0.4, 0.5) is 0 Å². The molecule has 1 aliphatic rings. The molecule has 0 spiro atoms. The Hall–Kier alpha value is -1.12. The maximum atomic E-state index is 11.9. The van der Waals surface area contributed by atoms with Crippen molar-refractivity contribution in [3.05, 3.63) is 18.0 Å². The van der Waals surface area contributed by atoms with Crippen molar-refractivity contribution in [3.63, 3.8) is 0 Å². The molecule has 1 saturated carbocycles. The molecule has 2 rings (SSSR count). The normalized spacial score (nSPS) is 22.4.